The lowest BCUT2D eigenvalue weighted by Gasteiger charge is -2.13. The Bertz CT molecular complexity index is 954. The zero-order chi connectivity index (χ0) is 19.9. The fraction of sp³-hybridized carbons (Fsp3) is 0.190. The van der Waals surface area contributed by atoms with Crippen molar-refractivity contribution >= 4 is 23.2 Å². The van der Waals surface area contributed by atoms with Gasteiger partial charge in [-0.3, -0.25) is 14.3 Å². The van der Waals surface area contributed by atoms with Gasteiger partial charge in [-0.15, -0.1) is 0 Å². The lowest BCUT2D eigenvalue weighted by Crippen LogP contribution is -2.24. The highest BCUT2D eigenvalue weighted by molar-refractivity contribution is 5.95. The van der Waals surface area contributed by atoms with Gasteiger partial charge < -0.3 is 15.4 Å². The number of aryl methyl sites for hydroxylation is 1. The second-order valence-corrected chi connectivity index (χ2v) is 6.39. The summed E-state index contributed by atoms with van der Waals surface area (Å²) in [6.07, 6.45) is 3.36. The van der Waals surface area contributed by atoms with Crippen molar-refractivity contribution in [3.8, 4) is 5.75 Å². The van der Waals surface area contributed by atoms with Gasteiger partial charge in [0.15, 0.2) is 6.61 Å². The zero-order valence-electron chi connectivity index (χ0n) is 15.8. The van der Waals surface area contributed by atoms with E-state index in [1.807, 2.05) is 25.1 Å². The highest BCUT2D eigenvalue weighted by Crippen LogP contribution is 2.17. The van der Waals surface area contributed by atoms with Crippen molar-refractivity contribution in [1.29, 1.82) is 0 Å². The molecule has 1 aromatic heterocycles. The summed E-state index contributed by atoms with van der Waals surface area (Å²) in [5.41, 5.74) is 2.22. The molecule has 0 aliphatic carbocycles. The summed E-state index contributed by atoms with van der Waals surface area (Å²) < 4.78 is 7.07. The SMILES string of the molecule is Cc1cccc(OCC(=O)Nc2cccc(NC(=O)C(C)n3cccn3)c2)c1. The van der Waals surface area contributed by atoms with E-state index < -0.39 is 6.04 Å². The summed E-state index contributed by atoms with van der Waals surface area (Å²) in [5.74, 6) is 0.161. The summed E-state index contributed by atoms with van der Waals surface area (Å²) in [5, 5.41) is 9.66. The van der Waals surface area contributed by atoms with E-state index in [2.05, 4.69) is 15.7 Å². The molecule has 3 rings (SSSR count). The van der Waals surface area contributed by atoms with Gasteiger partial charge >= 0.3 is 0 Å². The maximum absolute atomic E-state index is 12.4. The Morgan fingerprint density at radius 1 is 1.07 bits per heavy atom. The van der Waals surface area contributed by atoms with Crippen LogP contribution >= 0.6 is 0 Å². The predicted molar refractivity (Wildman–Crippen MR) is 107 cm³/mol. The maximum Gasteiger partial charge on any atom is 0.262 e. The fourth-order valence-corrected chi connectivity index (χ4v) is 2.60. The van der Waals surface area contributed by atoms with Crippen LogP contribution in [0.2, 0.25) is 0 Å². The van der Waals surface area contributed by atoms with Crippen molar-refractivity contribution in [2.24, 2.45) is 0 Å². The number of anilines is 2. The number of ether oxygens (including phenoxy) is 1. The van der Waals surface area contributed by atoms with Crippen LogP contribution in [0.4, 0.5) is 11.4 Å². The van der Waals surface area contributed by atoms with E-state index in [1.54, 1.807) is 60.4 Å². The van der Waals surface area contributed by atoms with E-state index >= 15 is 0 Å². The molecule has 0 saturated heterocycles. The molecule has 3 aromatic rings. The average Bonchev–Trinajstić information content (AvgIpc) is 3.21. The highest BCUT2D eigenvalue weighted by Gasteiger charge is 2.15. The predicted octanol–water partition coefficient (Wildman–Crippen LogP) is 3.41. The van der Waals surface area contributed by atoms with Crippen molar-refractivity contribution < 1.29 is 14.3 Å². The molecule has 0 aliphatic rings. The van der Waals surface area contributed by atoms with Crippen molar-refractivity contribution in [3.05, 3.63) is 72.6 Å². The van der Waals surface area contributed by atoms with Crippen LogP contribution in [0.1, 0.15) is 18.5 Å². The molecular formula is C21H22N4O3. The molecule has 0 radical (unpaired) electrons. The second-order valence-electron chi connectivity index (χ2n) is 6.39. The fourth-order valence-electron chi connectivity index (χ4n) is 2.60. The van der Waals surface area contributed by atoms with Crippen molar-refractivity contribution in [2.75, 3.05) is 17.2 Å². The Labute approximate surface area is 163 Å². The first-order valence-electron chi connectivity index (χ1n) is 8.90. The number of amides is 2. The summed E-state index contributed by atoms with van der Waals surface area (Å²) >= 11 is 0. The quantitative estimate of drug-likeness (QED) is 0.660. The zero-order valence-corrected chi connectivity index (χ0v) is 15.8. The summed E-state index contributed by atoms with van der Waals surface area (Å²) in [6, 6.07) is 15.8. The molecule has 2 N–H and O–H groups in total. The normalized spacial score (nSPS) is 11.5. The molecule has 0 aliphatic heterocycles. The van der Waals surface area contributed by atoms with Gasteiger partial charge in [0.2, 0.25) is 5.91 Å². The second kappa shape index (κ2) is 8.85. The van der Waals surface area contributed by atoms with E-state index in [9.17, 15) is 9.59 Å². The first kappa shape index (κ1) is 19.2. The third kappa shape index (κ3) is 5.20. The minimum absolute atomic E-state index is 0.101. The standard InChI is InChI=1S/C21H22N4O3/c1-15-6-3-9-19(12-15)28-14-20(26)23-17-7-4-8-18(13-17)24-21(27)16(2)25-11-5-10-22-25/h3-13,16H,14H2,1-2H3,(H,23,26)(H,24,27). The Kier molecular flexibility index (Phi) is 6.06. The molecule has 2 aromatic carbocycles. The lowest BCUT2D eigenvalue weighted by molar-refractivity contribution is -0.119. The van der Waals surface area contributed by atoms with Crippen LogP contribution in [0.15, 0.2) is 67.0 Å². The number of benzene rings is 2. The Morgan fingerprint density at radius 3 is 2.54 bits per heavy atom. The van der Waals surface area contributed by atoms with E-state index in [-0.39, 0.29) is 18.4 Å². The molecule has 1 heterocycles. The van der Waals surface area contributed by atoms with Crippen LogP contribution in [0, 0.1) is 6.92 Å². The van der Waals surface area contributed by atoms with Gasteiger partial charge in [-0.2, -0.15) is 5.10 Å². The molecule has 144 valence electrons. The third-order valence-corrected chi connectivity index (χ3v) is 4.07. The molecule has 28 heavy (non-hydrogen) atoms. The molecular weight excluding hydrogens is 356 g/mol. The lowest BCUT2D eigenvalue weighted by atomic mass is 10.2. The molecule has 0 fully saturated rings. The molecule has 7 nitrogen and oxygen atoms in total. The Morgan fingerprint density at radius 2 is 1.82 bits per heavy atom. The van der Waals surface area contributed by atoms with E-state index in [0.29, 0.717) is 17.1 Å². The molecule has 1 unspecified atom stereocenters. The first-order valence-corrected chi connectivity index (χ1v) is 8.90. The highest BCUT2D eigenvalue weighted by atomic mass is 16.5. The Balaban J connectivity index is 1.55. The number of nitrogens with zero attached hydrogens (tertiary/aromatic N) is 2. The van der Waals surface area contributed by atoms with Crippen LogP contribution in [-0.2, 0) is 9.59 Å². The average molecular weight is 378 g/mol. The molecule has 0 spiro atoms. The largest absolute Gasteiger partial charge is 0.484 e. The summed E-state index contributed by atoms with van der Waals surface area (Å²) in [7, 11) is 0. The van der Waals surface area contributed by atoms with E-state index in [4.69, 9.17) is 4.74 Å². The molecule has 1 atom stereocenters. The first-order chi connectivity index (χ1) is 13.5. The minimum atomic E-state index is -0.448. The monoisotopic (exact) mass is 378 g/mol. The number of hydrogen-bond donors (Lipinski definition) is 2. The van der Waals surface area contributed by atoms with Gasteiger partial charge in [-0.05, 0) is 55.8 Å². The topological polar surface area (TPSA) is 85.3 Å². The smallest absolute Gasteiger partial charge is 0.262 e. The van der Waals surface area contributed by atoms with Crippen LogP contribution in [0.5, 0.6) is 5.75 Å². The number of nitrogens with one attached hydrogen (secondary N) is 2. The number of carbonyl (C=O) groups is 2. The molecule has 0 bridgehead atoms. The number of aromatic nitrogens is 2. The van der Waals surface area contributed by atoms with Crippen molar-refractivity contribution in [2.45, 2.75) is 19.9 Å². The number of rotatable bonds is 7. The van der Waals surface area contributed by atoms with E-state index in [0.717, 1.165) is 5.56 Å². The van der Waals surface area contributed by atoms with Crippen LogP contribution in [0.25, 0.3) is 0 Å². The van der Waals surface area contributed by atoms with Gasteiger partial charge in [0, 0.05) is 23.8 Å². The molecule has 7 heteroatoms. The maximum atomic E-state index is 12.4. The van der Waals surface area contributed by atoms with Crippen LogP contribution in [-0.4, -0.2) is 28.2 Å². The summed E-state index contributed by atoms with van der Waals surface area (Å²) in [6.45, 7) is 3.62. The van der Waals surface area contributed by atoms with Gasteiger partial charge in [0.1, 0.15) is 11.8 Å². The van der Waals surface area contributed by atoms with Gasteiger partial charge in [-0.25, -0.2) is 0 Å². The van der Waals surface area contributed by atoms with Gasteiger partial charge in [0.25, 0.3) is 5.91 Å². The van der Waals surface area contributed by atoms with Crippen LogP contribution < -0.4 is 15.4 Å². The van der Waals surface area contributed by atoms with Crippen LogP contribution in [0.3, 0.4) is 0 Å². The minimum Gasteiger partial charge on any atom is -0.484 e. The Hall–Kier alpha value is -3.61. The van der Waals surface area contributed by atoms with Crippen molar-refractivity contribution in [3.63, 3.8) is 0 Å². The van der Waals surface area contributed by atoms with Gasteiger partial charge in [0.05, 0.1) is 0 Å². The van der Waals surface area contributed by atoms with Crippen molar-refractivity contribution in [1.82, 2.24) is 9.78 Å². The molecule has 2 amide bonds. The summed E-state index contributed by atoms with van der Waals surface area (Å²) in [4.78, 5) is 24.5. The van der Waals surface area contributed by atoms with Gasteiger partial charge in [-0.1, -0.05) is 18.2 Å². The number of carbonyl (C=O) groups excluding carboxylic acids is 2. The molecule has 0 saturated carbocycles. The third-order valence-electron chi connectivity index (χ3n) is 4.07. The van der Waals surface area contributed by atoms with E-state index in [1.165, 1.54) is 0 Å². The number of hydrogen-bond acceptors (Lipinski definition) is 4.